The number of ketones is 1. The number of carbonyl (C=O) groups excluding carboxylic acids is 1. The molecule has 1 rings (SSSR count). The van der Waals surface area contributed by atoms with Crippen molar-refractivity contribution in [2.24, 2.45) is 0 Å². The number of nitrogens with one attached hydrogen (secondary N) is 1. The van der Waals surface area contributed by atoms with Gasteiger partial charge >= 0.3 is 0 Å². The molecule has 0 amide bonds. The predicted octanol–water partition coefficient (Wildman–Crippen LogP) is 2.28. The van der Waals surface area contributed by atoms with Crippen LogP contribution in [0.5, 0.6) is 0 Å². The molecule has 0 bridgehead atoms. The molecule has 0 radical (unpaired) electrons. The summed E-state index contributed by atoms with van der Waals surface area (Å²) in [5.41, 5.74) is 0. The third-order valence-corrected chi connectivity index (χ3v) is 2.73. The molecule has 1 fully saturated rings. The Kier molecular flexibility index (Phi) is 5.06. The maximum Gasteiger partial charge on any atom is 0.149 e. The Hall–Kier alpha value is -0.370. The molecule has 0 aliphatic carbocycles. The summed E-state index contributed by atoms with van der Waals surface area (Å²) in [6, 6.07) is 0.196. The molecule has 1 N–H and O–H groups in total. The second-order valence-corrected chi connectivity index (χ2v) is 3.93. The molecule has 0 saturated carbocycles. The molecule has 2 heteroatoms. The van der Waals surface area contributed by atoms with Gasteiger partial charge in [0.25, 0.3) is 0 Å². The standard InChI is InChI=1S/C11H21NO/c1-2-3-4-5-8-11(13)10-7-6-9-12-10/h10,12H,2-9H2,1H3. The molecule has 1 atom stereocenters. The van der Waals surface area contributed by atoms with E-state index in [9.17, 15) is 4.79 Å². The fourth-order valence-electron chi connectivity index (χ4n) is 1.86. The smallest absolute Gasteiger partial charge is 0.149 e. The van der Waals surface area contributed by atoms with Crippen molar-refractivity contribution in [1.82, 2.24) is 5.32 Å². The normalized spacial score (nSPS) is 22.1. The highest BCUT2D eigenvalue weighted by molar-refractivity contribution is 5.84. The summed E-state index contributed by atoms with van der Waals surface area (Å²) >= 11 is 0. The zero-order valence-corrected chi connectivity index (χ0v) is 8.64. The molecule has 0 aromatic rings. The number of unbranched alkanes of at least 4 members (excludes halogenated alkanes) is 3. The molecule has 1 aliphatic rings. The molecule has 0 aromatic heterocycles. The molecule has 0 spiro atoms. The Balaban J connectivity index is 2.03. The van der Waals surface area contributed by atoms with Gasteiger partial charge in [0, 0.05) is 6.42 Å². The Bertz CT molecular complexity index is 150. The summed E-state index contributed by atoms with van der Waals surface area (Å²) in [6.45, 7) is 3.23. The van der Waals surface area contributed by atoms with Gasteiger partial charge in [-0.05, 0) is 25.8 Å². The minimum absolute atomic E-state index is 0.196. The van der Waals surface area contributed by atoms with Crippen LogP contribution in [0.25, 0.3) is 0 Å². The number of carbonyl (C=O) groups is 1. The molecule has 1 heterocycles. The van der Waals surface area contributed by atoms with E-state index in [1.165, 1.54) is 25.7 Å². The Morgan fingerprint density at radius 1 is 1.38 bits per heavy atom. The van der Waals surface area contributed by atoms with Crippen LogP contribution in [-0.4, -0.2) is 18.4 Å². The number of hydrogen-bond donors (Lipinski definition) is 1. The van der Waals surface area contributed by atoms with Crippen LogP contribution < -0.4 is 5.32 Å². The third kappa shape index (κ3) is 3.90. The van der Waals surface area contributed by atoms with Crippen LogP contribution in [0.4, 0.5) is 0 Å². The Morgan fingerprint density at radius 2 is 2.23 bits per heavy atom. The van der Waals surface area contributed by atoms with Gasteiger partial charge in [-0.25, -0.2) is 0 Å². The minimum atomic E-state index is 0.196. The van der Waals surface area contributed by atoms with Crippen LogP contribution in [-0.2, 0) is 4.79 Å². The largest absolute Gasteiger partial charge is 0.307 e. The molecular weight excluding hydrogens is 162 g/mol. The summed E-state index contributed by atoms with van der Waals surface area (Å²) in [7, 11) is 0. The van der Waals surface area contributed by atoms with Gasteiger partial charge in [-0.1, -0.05) is 26.2 Å². The summed E-state index contributed by atoms with van der Waals surface area (Å²) in [5, 5.41) is 3.25. The van der Waals surface area contributed by atoms with E-state index in [1.54, 1.807) is 0 Å². The molecular formula is C11H21NO. The van der Waals surface area contributed by atoms with Crippen molar-refractivity contribution >= 4 is 5.78 Å². The minimum Gasteiger partial charge on any atom is -0.307 e. The maximum atomic E-state index is 11.5. The van der Waals surface area contributed by atoms with Gasteiger partial charge in [0.15, 0.2) is 0 Å². The first kappa shape index (κ1) is 10.7. The zero-order chi connectivity index (χ0) is 9.52. The van der Waals surface area contributed by atoms with Crippen molar-refractivity contribution < 1.29 is 4.79 Å². The molecule has 76 valence electrons. The van der Waals surface area contributed by atoms with Gasteiger partial charge in [0.2, 0.25) is 0 Å². The van der Waals surface area contributed by atoms with Crippen molar-refractivity contribution in [3.05, 3.63) is 0 Å². The van der Waals surface area contributed by atoms with Crippen LogP contribution in [0.3, 0.4) is 0 Å². The van der Waals surface area contributed by atoms with Gasteiger partial charge < -0.3 is 5.32 Å². The third-order valence-electron chi connectivity index (χ3n) is 2.73. The van der Waals surface area contributed by atoms with E-state index in [-0.39, 0.29) is 6.04 Å². The van der Waals surface area contributed by atoms with Crippen LogP contribution in [0, 0.1) is 0 Å². The highest BCUT2D eigenvalue weighted by Gasteiger charge is 2.20. The number of hydrogen-bond acceptors (Lipinski definition) is 2. The van der Waals surface area contributed by atoms with Crippen LogP contribution in [0.15, 0.2) is 0 Å². The second kappa shape index (κ2) is 6.14. The molecule has 1 aliphatic heterocycles. The van der Waals surface area contributed by atoms with E-state index in [1.807, 2.05) is 0 Å². The summed E-state index contributed by atoms with van der Waals surface area (Å²) < 4.78 is 0. The monoisotopic (exact) mass is 183 g/mol. The van der Waals surface area contributed by atoms with E-state index in [0.717, 1.165) is 25.8 Å². The van der Waals surface area contributed by atoms with E-state index in [4.69, 9.17) is 0 Å². The fourth-order valence-corrected chi connectivity index (χ4v) is 1.86. The molecule has 2 nitrogen and oxygen atoms in total. The lowest BCUT2D eigenvalue weighted by atomic mass is 10.0. The highest BCUT2D eigenvalue weighted by Crippen LogP contribution is 2.10. The fraction of sp³-hybridized carbons (Fsp3) is 0.909. The van der Waals surface area contributed by atoms with Crippen LogP contribution in [0.2, 0.25) is 0 Å². The van der Waals surface area contributed by atoms with Gasteiger partial charge in [-0.15, -0.1) is 0 Å². The summed E-state index contributed by atoms with van der Waals surface area (Å²) in [4.78, 5) is 11.5. The number of rotatable bonds is 6. The first-order chi connectivity index (χ1) is 6.34. The molecule has 1 saturated heterocycles. The van der Waals surface area contributed by atoms with E-state index < -0.39 is 0 Å². The lowest BCUT2D eigenvalue weighted by molar-refractivity contribution is -0.120. The van der Waals surface area contributed by atoms with Crippen molar-refractivity contribution in [1.29, 1.82) is 0 Å². The zero-order valence-electron chi connectivity index (χ0n) is 8.64. The average Bonchev–Trinajstić information content (AvgIpc) is 2.65. The van der Waals surface area contributed by atoms with Crippen LogP contribution in [0.1, 0.15) is 51.9 Å². The van der Waals surface area contributed by atoms with E-state index in [0.29, 0.717) is 5.78 Å². The quantitative estimate of drug-likeness (QED) is 0.640. The molecule has 13 heavy (non-hydrogen) atoms. The van der Waals surface area contributed by atoms with Gasteiger partial charge in [-0.2, -0.15) is 0 Å². The highest BCUT2D eigenvalue weighted by atomic mass is 16.1. The Morgan fingerprint density at radius 3 is 2.85 bits per heavy atom. The average molecular weight is 183 g/mol. The lowest BCUT2D eigenvalue weighted by Gasteiger charge is -2.07. The van der Waals surface area contributed by atoms with Gasteiger partial charge in [0.05, 0.1) is 6.04 Å². The van der Waals surface area contributed by atoms with Gasteiger partial charge in [-0.3, -0.25) is 4.79 Å². The first-order valence-corrected chi connectivity index (χ1v) is 5.60. The van der Waals surface area contributed by atoms with Gasteiger partial charge in [0.1, 0.15) is 5.78 Å². The SMILES string of the molecule is CCCCCCC(=O)C1CCCN1. The first-order valence-electron chi connectivity index (χ1n) is 5.60. The lowest BCUT2D eigenvalue weighted by Crippen LogP contribution is -2.30. The maximum absolute atomic E-state index is 11.5. The summed E-state index contributed by atoms with van der Waals surface area (Å²) in [6.07, 6.45) is 7.84. The second-order valence-electron chi connectivity index (χ2n) is 3.93. The molecule has 0 aromatic carbocycles. The summed E-state index contributed by atoms with van der Waals surface area (Å²) in [5.74, 6) is 0.439. The number of Topliss-reactive ketones (excluding diaryl/α,β-unsaturated/α-hetero) is 1. The van der Waals surface area contributed by atoms with Crippen molar-refractivity contribution in [2.45, 2.75) is 57.9 Å². The van der Waals surface area contributed by atoms with Crippen molar-refractivity contribution in [3.8, 4) is 0 Å². The van der Waals surface area contributed by atoms with Crippen LogP contribution >= 0.6 is 0 Å². The Labute approximate surface area is 81.1 Å². The molecule has 1 unspecified atom stereocenters. The predicted molar refractivity (Wildman–Crippen MR) is 54.8 cm³/mol. The van der Waals surface area contributed by atoms with E-state index >= 15 is 0 Å². The van der Waals surface area contributed by atoms with E-state index in [2.05, 4.69) is 12.2 Å². The topological polar surface area (TPSA) is 29.1 Å². The van der Waals surface area contributed by atoms with Crippen molar-refractivity contribution in [2.75, 3.05) is 6.54 Å². The van der Waals surface area contributed by atoms with Crippen molar-refractivity contribution in [3.63, 3.8) is 0 Å².